The molecule has 3 saturated heterocycles. The molecule has 7 rings (SSSR count). The summed E-state index contributed by atoms with van der Waals surface area (Å²) in [6.07, 6.45) is 5.21. The van der Waals surface area contributed by atoms with Crippen molar-refractivity contribution in [3.8, 4) is 0 Å². The van der Waals surface area contributed by atoms with E-state index in [-0.39, 0.29) is 71.2 Å². The predicted molar refractivity (Wildman–Crippen MR) is 163 cm³/mol. The highest BCUT2D eigenvalue weighted by molar-refractivity contribution is 6.06. The number of piperazine rings is 1. The number of rotatable bonds is 5. The van der Waals surface area contributed by atoms with Crippen LogP contribution in [0.2, 0.25) is 0 Å². The number of imide groups is 1. The third-order valence-corrected chi connectivity index (χ3v) is 10.6. The minimum Gasteiger partial charge on any atom is -0.335 e. The molecular weight excluding hydrogens is 578 g/mol. The largest absolute Gasteiger partial charge is 0.335 e. The Morgan fingerprint density at radius 2 is 1.67 bits per heavy atom. The maximum absolute atomic E-state index is 15.9. The van der Waals surface area contributed by atoms with Gasteiger partial charge in [0.15, 0.2) is 0 Å². The maximum Gasteiger partial charge on any atom is 0.256 e. The molecule has 3 fully saturated rings. The van der Waals surface area contributed by atoms with Gasteiger partial charge in [-0.25, -0.2) is 8.78 Å². The SMILES string of the molecule is CC1(C)CCC(CN2C3CCC2CN(C(=O)c2ccc4c(c2F)CN(C2CCC(=O)NC2=O)C4=O)C3)=C(c2ccc(F)cc2)C1. The van der Waals surface area contributed by atoms with Gasteiger partial charge in [0.25, 0.3) is 11.8 Å². The van der Waals surface area contributed by atoms with Crippen molar-refractivity contribution in [3.05, 3.63) is 75.9 Å². The van der Waals surface area contributed by atoms with Gasteiger partial charge in [0.2, 0.25) is 11.8 Å². The molecule has 0 radical (unpaired) electrons. The summed E-state index contributed by atoms with van der Waals surface area (Å²) in [4.78, 5) is 56.4. The number of hydrogen-bond donors (Lipinski definition) is 1. The van der Waals surface area contributed by atoms with Crippen molar-refractivity contribution in [2.24, 2.45) is 5.41 Å². The van der Waals surface area contributed by atoms with Crippen molar-refractivity contribution < 1.29 is 28.0 Å². The third-order valence-electron chi connectivity index (χ3n) is 10.6. The number of benzene rings is 2. The van der Waals surface area contributed by atoms with Crippen LogP contribution in [0.25, 0.3) is 5.57 Å². The summed E-state index contributed by atoms with van der Waals surface area (Å²) >= 11 is 0. The van der Waals surface area contributed by atoms with E-state index < -0.39 is 23.7 Å². The molecule has 3 atom stereocenters. The standard InChI is InChI=1S/C35H38F2N4O4/c1-35(2)14-13-21(27(15-35)20-3-5-22(36)6-4-20)16-40-23-7-8-24(40)18-39(17-23)33(44)26-10-9-25-28(31(26)37)19-41(34(25)45)29-11-12-30(42)38-32(29)43/h3-6,9-10,23-24,29H,7-8,11-19H2,1-2H3,(H,38,42,43). The number of nitrogens with one attached hydrogen (secondary N) is 1. The lowest BCUT2D eigenvalue weighted by atomic mass is 9.72. The Kier molecular flexibility index (Phi) is 7.38. The Hall–Kier alpha value is -3.92. The van der Waals surface area contributed by atoms with E-state index in [1.54, 1.807) is 4.90 Å². The molecule has 2 bridgehead atoms. The van der Waals surface area contributed by atoms with E-state index in [9.17, 15) is 23.6 Å². The van der Waals surface area contributed by atoms with E-state index in [1.807, 2.05) is 12.1 Å². The average Bonchev–Trinajstić information content (AvgIpc) is 3.44. The lowest BCUT2D eigenvalue weighted by Gasteiger charge is -2.43. The van der Waals surface area contributed by atoms with Gasteiger partial charge in [-0.1, -0.05) is 31.6 Å². The van der Waals surface area contributed by atoms with Crippen LogP contribution in [-0.2, 0) is 16.1 Å². The third kappa shape index (κ3) is 5.37. The second-order valence-electron chi connectivity index (χ2n) is 14.1. The number of halogens is 2. The summed E-state index contributed by atoms with van der Waals surface area (Å²) in [5.74, 6) is -2.76. The van der Waals surface area contributed by atoms with Gasteiger partial charge in [-0.3, -0.25) is 29.4 Å². The quantitative estimate of drug-likeness (QED) is 0.493. The Balaban J connectivity index is 1.08. The van der Waals surface area contributed by atoms with Crippen LogP contribution in [-0.4, -0.2) is 76.1 Å². The van der Waals surface area contributed by atoms with Crippen molar-refractivity contribution in [3.63, 3.8) is 0 Å². The van der Waals surface area contributed by atoms with E-state index in [0.717, 1.165) is 44.2 Å². The van der Waals surface area contributed by atoms with Crippen LogP contribution in [0.4, 0.5) is 8.78 Å². The van der Waals surface area contributed by atoms with Crippen LogP contribution in [0.5, 0.6) is 0 Å². The van der Waals surface area contributed by atoms with Gasteiger partial charge in [-0.15, -0.1) is 0 Å². The molecule has 45 heavy (non-hydrogen) atoms. The van der Waals surface area contributed by atoms with Gasteiger partial charge >= 0.3 is 0 Å². The van der Waals surface area contributed by atoms with E-state index in [4.69, 9.17) is 0 Å². The molecule has 2 aromatic carbocycles. The fourth-order valence-electron chi connectivity index (χ4n) is 8.04. The predicted octanol–water partition coefficient (Wildman–Crippen LogP) is 4.68. The second-order valence-corrected chi connectivity index (χ2v) is 14.1. The van der Waals surface area contributed by atoms with Gasteiger partial charge in [0.05, 0.1) is 12.1 Å². The van der Waals surface area contributed by atoms with E-state index in [2.05, 4.69) is 24.1 Å². The van der Waals surface area contributed by atoms with Crippen molar-refractivity contribution in [2.75, 3.05) is 19.6 Å². The van der Waals surface area contributed by atoms with Crippen LogP contribution in [0.1, 0.15) is 90.6 Å². The van der Waals surface area contributed by atoms with Crippen molar-refractivity contribution in [1.29, 1.82) is 0 Å². The lowest BCUT2D eigenvalue weighted by molar-refractivity contribution is -0.136. The molecule has 0 saturated carbocycles. The smallest absolute Gasteiger partial charge is 0.256 e. The molecule has 5 aliphatic rings. The fourth-order valence-corrected chi connectivity index (χ4v) is 8.04. The number of likely N-dealkylation sites (tertiary alicyclic amines) is 1. The molecule has 1 N–H and O–H groups in total. The molecule has 236 valence electrons. The summed E-state index contributed by atoms with van der Waals surface area (Å²) in [7, 11) is 0. The van der Waals surface area contributed by atoms with Gasteiger partial charge in [-0.05, 0) is 79.3 Å². The minimum atomic E-state index is -0.848. The number of hydrogen-bond acceptors (Lipinski definition) is 5. The number of nitrogens with zero attached hydrogens (tertiary/aromatic N) is 3. The lowest BCUT2D eigenvalue weighted by Crippen LogP contribution is -2.55. The minimum absolute atomic E-state index is 0.0599. The zero-order valence-corrected chi connectivity index (χ0v) is 25.7. The molecule has 0 aromatic heterocycles. The first-order chi connectivity index (χ1) is 21.5. The fraction of sp³-hybridized carbons (Fsp3) is 0.486. The van der Waals surface area contributed by atoms with Crippen LogP contribution < -0.4 is 5.32 Å². The van der Waals surface area contributed by atoms with E-state index >= 15 is 4.39 Å². The Bertz CT molecular complexity index is 1620. The molecular formula is C35H38F2N4O4. The molecule has 4 heterocycles. The van der Waals surface area contributed by atoms with Crippen molar-refractivity contribution in [1.82, 2.24) is 20.0 Å². The number of allylic oxidation sites excluding steroid dienone is 1. The van der Waals surface area contributed by atoms with Gasteiger partial charge in [0, 0.05) is 49.3 Å². The zero-order chi connectivity index (χ0) is 31.6. The normalized spacial score (nSPS) is 26.4. The monoisotopic (exact) mass is 616 g/mol. The molecule has 4 aliphatic heterocycles. The number of fused-ring (bicyclic) bond motifs is 3. The first kappa shape index (κ1) is 29.8. The molecule has 1 aliphatic carbocycles. The average molecular weight is 617 g/mol. The summed E-state index contributed by atoms with van der Waals surface area (Å²) < 4.78 is 29.6. The Morgan fingerprint density at radius 3 is 2.36 bits per heavy atom. The summed E-state index contributed by atoms with van der Waals surface area (Å²) in [6, 6.07) is 9.14. The highest BCUT2D eigenvalue weighted by Gasteiger charge is 2.44. The Morgan fingerprint density at radius 1 is 0.956 bits per heavy atom. The molecule has 4 amide bonds. The molecule has 0 spiro atoms. The summed E-state index contributed by atoms with van der Waals surface area (Å²) in [5, 5.41) is 2.25. The van der Waals surface area contributed by atoms with Gasteiger partial charge in [0.1, 0.15) is 17.7 Å². The molecule has 3 unspecified atom stereocenters. The summed E-state index contributed by atoms with van der Waals surface area (Å²) in [5.41, 5.74) is 4.13. The van der Waals surface area contributed by atoms with Gasteiger partial charge in [-0.2, -0.15) is 0 Å². The highest BCUT2D eigenvalue weighted by atomic mass is 19.1. The first-order valence-electron chi connectivity index (χ1n) is 16.0. The molecule has 10 heteroatoms. The second kappa shape index (κ2) is 11.2. The van der Waals surface area contributed by atoms with Crippen molar-refractivity contribution >= 4 is 29.2 Å². The topological polar surface area (TPSA) is 90.0 Å². The van der Waals surface area contributed by atoms with E-state index in [0.29, 0.717) is 13.1 Å². The number of amides is 4. The highest BCUT2D eigenvalue weighted by Crippen LogP contribution is 2.44. The zero-order valence-electron chi connectivity index (χ0n) is 25.7. The van der Waals surface area contributed by atoms with Gasteiger partial charge < -0.3 is 9.80 Å². The number of carbonyl (C=O) groups excluding carboxylic acids is 4. The van der Waals surface area contributed by atoms with Crippen molar-refractivity contribution in [2.45, 2.75) is 83.5 Å². The summed E-state index contributed by atoms with van der Waals surface area (Å²) in [6.45, 7) is 6.25. The van der Waals surface area contributed by atoms with Crippen LogP contribution in [0, 0.1) is 17.0 Å². The number of piperidine rings is 1. The van der Waals surface area contributed by atoms with Crippen LogP contribution in [0.3, 0.4) is 0 Å². The number of carbonyl (C=O) groups is 4. The Labute approximate surface area is 261 Å². The molecule has 8 nitrogen and oxygen atoms in total. The van der Waals surface area contributed by atoms with Crippen LogP contribution in [0.15, 0.2) is 42.0 Å². The molecule has 2 aromatic rings. The first-order valence-corrected chi connectivity index (χ1v) is 16.0. The van der Waals surface area contributed by atoms with E-state index in [1.165, 1.54) is 40.3 Å². The maximum atomic E-state index is 15.9. The van der Waals surface area contributed by atoms with Crippen LogP contribution >= 0.6 is 0 Å².